The Morgan fingerprint density at radius 1 is 1.18 bits per heavy atom. The van der Waals surface area contributed by atoms with Crippen molar-refractivity contribution in [3.63, 3.8) is 0 Å². The van der Waals surface area contributed by atoms with Crippen LogP contribution < -0.4 is 4.90 Å². The molecule has 4 heterocycles. The molecule has 0 N–H and O–H groups in total. The maximum atomic E-state index is 13.8. The first-order valence-corrected chi connectivity index (χ1v) is 13.2. The molecule has 4 aliphatic rings. The molecule has 2 bridgehead atoms. The van der Waals surface area contributed by atoms with Gasteiger partial charge in [0.05, 0.1) is 30.6 Å². The third kappa shape index (κ3) is 5.48. The number of aromatic nitrogens is 1. The maximum Gasteiger partial charge on any atom is 0.433 e. The average molecular weight is 550 g/mol. The fourth-order valence-electron chi connectivity index (χ4n) is 7.26. The van der Waals surface area contributed by atoms with E-state index in [4.69, 9.17) is 9.47 Å². The number of likely N-dealkylation sites (tertiary alicyclic amines) is 1. The van der Waals surface area contributed by atoms with Crippen LogP contribution in [0.3, 0.4) is 0 Å². The van der Waals surface area contributed by atoms with Gasteiger partial charge in [0.2, 0.25) is 5.91 Å². The quantitative estimate of drug-likeness (QED) is 0.464. The number of piperazine rings is 1. The molecule has 1 saturated carbocycles. The summed E-state index contributed by atoms with van der Waals surface area (Å²) >= 11 is 0. The Hall–Kier alpha value is -2.08. The Morgan fingerprint density at radius 3 is 2.63 bits per heavy atom. The number of methoxy groups -OCH3 is 1. The van der Waals surface area contributed by atoms with Crippen LogP contribution in [0.4, 0.5) is 32.0 Å². The number of amides is 1. The Labute approximate surface area is 217 Å². The molecule has 1 aromatic rings. The van der Waals surface area contributed by atoms with Gasteiger partial charge in [0.25, 0.3) is 0 Å². The minimum Gasteiger partial charge on any atom is -0.379 e. The lowest BCUT2D eigenvalue weighted by Gasteiger charge is -2.41. The van der Waals surface area contributed by atoms with Crippen molar-refractivity contribution in [1.82, 2.24) is 9.88 Å². The number of carbonyl (C=O) groups is 1. The predicted molar refractivity (Wildman–Crippen MR) is 125 cm³/mol. The molecule has 5 rings (SSSR count). The highest BCUT2D eigenvalue weighted by Crippen LogP contribution is 2.53. The molecule has 6 atom stereocenters. The second kappa shape index (κ2) is 10.1. The first-order valence-electron chi connectivity index (χ1n) is 13.2. The van der Waals surface area contributed by atoms with Crippen molar-refractivity contribution in [3.05, 3.63) is 24.0 Å². The Kier molecular flexibility index (Phi) is 7.34. The highest BCUT2D eigenvalue weighted by Gasteiger charge is 2.57. The lowest BCUT2D eigenvalue weighted by molar-refractivity contribution is -0.175. The normalized spacial score (nSPS) is 33.8. The van der Waals surface area contributed by atoms with Crippen LogP contribution in [-0.2, 0) is 20.4 Å². The van der Waals surface area contributed by atoms with Crippen molar-refractivity contribution in [1.29, 1.82) is 0 Å². The minimum atomic E-state index is -4.58. The van der Waals surface area contributed by atoms with Crippen molar-refractivity contribution >= 4 is 11.6 Å². The van der Waals surface area contributed by atoms with Gasteiger partial charge < -0.3 is 19.3 Å². The van der Waals surface area contributed by atoms with Crippen LogP contribution in [0.1, 0.15) is 50.6 Å². The molecule has 12 heteroatoms. The van der Waals surface area contributed by atoms with Gasteiger partial charge in [-0.3, -0.25) is 9.78 Å². The van der Waals surface area contributed by atoms with E-state index in [9.17, 15) is 31.1 Å². The molecule has 0 unspecified atom stereocenters. The lowest BCUT2D eigenvalue weighted by atomic mass is 9.78. The third-order valence-corrected chi connectivity index (χ3v) is 8.95. The fourth-order valence-corrected chi connectivity index (χ4v) is 7.26. The smallest absolute Gasteiger partial charge is 0.379 e. The molecular weight excluding hydrogens is 516 g/mol. The van der Waals surface area contributed by atoms with Crippen LogP contribution in [0.5, 0.6) is 0 Å². The van der Waals surface area contributed by atoms with Gasteiger partial charge >= 0.3 is 12.4 Å². The second-order valence-electron chi connectivity index (χ2n) is 11.4. The molecule has 1 amide bonds. The van der Waals surface area contributed by atoms with E-state index in [2.05, 4.69) is 4.98 Å². The number of anilines is 1. The second-order valence-corrected chi connectivity index (χ2v) is 11.4. The number of nitrogens with zero attached hydrogens (tertiary/aromatic N) is 3. The average Bonchev–Trinajstić information content (AvgIpc) is 3.58. The molecule has 38 heavy (non-hydrogen) atoms. The highest BCUT2D eigenvalue weighted by molar-refractivity contribution is 5.84. The molecule has 6 nitrogen and oxygen atoms in total. The molecule has 212 valence electrons. The summed E-state index contributed by atoms with van der Waals surface area (Å²) in [7, 11) is 1.61. The summed E-state index contributed by atoms with van der Waals surface area (Å²) in [5.41, 5.74) is -2.12. The zero-order valence-corrected chi connectivity index (χ0v) is 21.2. The molecule has 3 aliphatic heterocycles. The predicted octanol–water partition coefficient (Wildman–Crippen LogP) is 5.07. The summed E-state index contributed by atoms with van der Waals surface area (Å²) in [6, 6.07) is 1.92. The van der Waals surface area contributed by atoms with Gasteiger partial charge in [0.15, 0.2) is 0 Å². The van der Waals surface area contributed by atoms with Crippen LogP contribution in [0.25, 0.3) is 0 Å². The van der Waals surface area contributed by atoms with Crippen LogP contribution in [0.2, 0.25) is 0 Å². The molecule has 0 aromatic carbocycles. The first-order chi connectivity index (χ1) is 17.9. The molecule has 1 aliphatic carbocycles. The zero-order chi connectivity index (χ0) is 27.3. The monoisotopic (exact) mass is 549 g/mol. The number of fused-ring (bicyclic) bond motifs is 2. The van der Waals surface area contributed by atoms with Gasteiger partial charge in [-0.15, -0.1) is 0 Å². The van der Waals surface area contributed by atoms with E-state index in [0.717, 1.165) is 18.7 Å². The lowest BCUT2D eigenvalue weighted by Crippen LogP contribution is -2.53. The topological polar surface area (TPSA) is 54.9 Å². The third-order valence-electron chi connectivity index (χ3n) is 8.95. The van der Waals surface area contributed by atoms with E-state index in [1.54, 1.807) is 12.0 Å². The molecule has 0 spiro atoms. The molecule has 4 fully saturated rings. The number of carbonyl (C=O) groups excluding carboxylic acids is 1. The van der Waals surface area contributed by atoms with Crippen LogP contribution in [0, 0.1) is 17.3 Å². The standard InChI is InChI=1S/C26H33F6N3O3/c1-37-21-14-38-7-4-17(21)8-16-2-5-24(11-16,15-25(27,28)29)23(36)35-13-19-9-20(35)12-34(19)18-3-6-33-22(10-18)26(30,31)32/h3,6,10,16-17,19-21H,2,4-5,7-9,11-15H2,1H3/t16-,17+,19-,20-,21+,24-/m0/s1. The SMILES string of the molecule is CO[C@@H]1COCC[C@@H]1C[C@@H]1CC[C@](CC(F)(F)F)(C(=O)N2C[C@@H]3C[C@H]2CN3c2ccnc(C(F)(F)F)c2)C1. The van der Waals surface area contributed by atoms with E-state index in [-0.39, 0.29) is 49.4 Å². The summed E-state index contributed by atoms with van der Waals surface area (Å²) < 4.78 is 91.8. The summed E-state index contributed by atoms with van der Waals surface area (Å²) in [4.78, 5) is 20.6. The number of rotatable bonds is 6. The Balaban J connectivity index is 1.29. The van der Waals surface area contributed by atoms with Gasteiger partial charge in [-0.05, 0) is 62.5 Å². The summed E-state index contributed by atoms with van der Waals surface area (Å²) in [6.07, 6.45) is -6.23. The van der Waals surface area contributed by atoms with Crippen molar-refractivity contribution in [2.45, 2.75) is 75.5 Å². The van der Waals surface area contributed by atoms with Gasteiger partial charge in [0.1, 0.15) is 5.69 Å². The number of alkyl halides is 6. The van der Waals surface area contributed by atoms with Crippen LogP contribution >= 0.6 is 0 Å². The van der Waals surface area contributed by atoms with Gasteiger partial charge in [-0.25, -0.2) is 0 Å². The molecule has 0 radical (unpaired) electrons. The van der Waals surface area contributed by atoms with Crippen LogP contribution in [0.15, 0.2) is 18.3 Å². The Bertz CT molecular complexity index is 1020. The van der Waals surface area contributed by atoms with Gasteiger partial charge in [-0.2, -0.15) is 26.3 Å². The van der Waals surface area contributed by atoms with E-state index in [1.807, 2.05) is 4.90 Å². The van der Waals surface area contributed by atoms with Crippen molar-refractivity contribution < 1.29 is 40.6 Å². The highest BCUT2D eigenvalue weighted by atomic mass is 19.4. The van der Waals surface area contributed by atoms with Gasteiger partial charge in [-0.1, -0.05) is 0 Å². The largest absolute Gasteiger partial charge is 0.433 e. The van der Waals surface area contributed by atoms with Crippen molar-refractivity contribution in [2.24, 2.45) is 17.3 Å². The minimum absolute atomic E-state index is 0.00375. The number of hydrogen-bond donors (Lipinski definition) is 0. The maximum absolute atomic E-state index is 13.8. The van der Waals surface area contributed by atoms with E-state index >= 15 is 0 Å². The van der Waals surface area contributed by atoms with E-state index < -0.39 is 35.8 Å². The number of hydrogen-bond acceptors (Lipinski definition) is 5. The summed E-state index contributed by atoms with van der Waals surface area (Å²) in [5.74, 6) is -0.268. The van der Waals surface area contributed by atoms with Crippen molar-refractivity contribution in [3.8, 4) is 0 Å². The molecular formula is C26H33F6N3O3. The number of halogens is 6. The molecule has 3 saturated heterocycles. The zero-order valence-electron chi connectivity index (χ0n) is 21.2. The van der Waals surface area contributed by atoms with E-state index in [1.165, 1.54) is 6.07 Å². The van der Waals surface area contributed by atoms with E-state index in [0.29, 0.717) is 44.7 Å². The fraction of sp³-hybridized carbons (Fsp3) is 0.769. The Morgan fingerprint density at radius 2 is 1.97 bits per heavy atom. The number of pyridine rings is 1. The van der Waals surface area contributed by atoms with Crippen molar-refractivity contribution in [2.75, 3.05) is 38.3 Å². The summed E-state index contributed by atoms with van der Waals surface area (Å²) in [5, 5.41) is 0. The summed E-state index contributed by atoms with van der Waals surface area (Å²) in [6.45, 7) is 1.57. The first kappa shape index (κ1) is 27.5. The molecule has 1 aromatic heterocycles. The number of ether oxygens (including phenoxy) is 2. The van der Waals surface area contributed by atoms with Gasteiger partial charge in [0, 0.05) is 44.7 Å². The van der Waals surface area contributed by atoms with Crippen LogP contribution in [-0.4, -0.2) is 73.6 Å².